The van der Waals surface area contributed by atoms with Gasteiger partial charge in [0.25, 0.3) is 0 Å². The number of nitrogens with one attached hydrogen (secondary N) is 2. The molecule has 3 aromatic heterocycles. The topological polar surface area (TPSA) is 83.7 Å². The number of hydrogen-bond acceptors (Lipinski definition) is 4. The van der Waals surface area contributed by atoms with Gasteiger partial charge in [-0.05, 0) is 109 Å². The summed E-state index contributed by atoms with van der Waals surface area (Å²) in [6.45, 7) is 2.30. The van der Waals surface area contributed by atoms with Crippen molar-refractivity contribution in [2.45, 2.75) is 26.2 Å². The third-order valence-corrected chi connectivity index (χ3v) is 7.05. The maximum absolute atomic E-state index is 11.3. The van der Waals surface area contributed by atoms with Crippen LogP contribution < -0.4 is 0 Å². The molecule has 5 aromatic rings. The van der Waals surface area contributed by atoms with Gasteiger partial charge < -0.3 is 14.7 Å². The number of fused-ring (bicyclic) bond motifs is 9. The number of ether oxygens (including phenoxy) is 1. The number of H-pyrrole nitrogens is 2. The Labute approximate surface area is 263 Å². The van der Waals surface area contributed by atoms with E-state index < -0.39 is 0 Å². The van der Waals surface area contributed by atoms with Gasteiger partial charge in [-0.15, -0.1) is 0 Å². The van der Waals surface area contributed by atoms with Crippen LogP contribution in [0.1, 0.15) is 48.1 Å². The van der Waals surface area contributed by atoms with Crippen molar-refractivity contribution in [3.63, 3.8) is 0 Å². The average molecular weight is 618 g/mol. The van der Waals surface area contributed by atoms with Crippen LogP contribution in [0, 0.1) is 0 Å². The molecule has 0 saturated heterocycles. The number of carbonyl (C=O) groups excluding carboxylic acids is 1. The fourth-order valence-electron chi connectivity index (χ4n) is 5.11. The average Bonchev–Trinajstić information content (AvgIpc) is 3.80. The minimum absolute atomic E-state index is 0. The number of esters is 1. The van der Waals surface area contributed by atoms with Crippen molar-refractivity contribution in [2.75, 3.05) is 6.61 Å². The van der Waals surface area contributed by atoms with Crippen LogP contribution in [-0.4, -0.2) is 32.5 Å². The molecule has 2 aromatic carbocycles. The quantitative estimate of drug-likeness (QED) is 0.150. The molecule has 0 spiro atoms. The fourth-order valence-corrected chi connectivity index (χ4v) is 5.11. The molecule has 0 atom stereocenters. The monoisotopic (exact) mass is 616 g/mol. The second kappa shape index (κ2) is 14.0. The summed E-state index contributed by atoms with van der Waals surface area (Å²) in [6, 6.07) is 31.0. The molecule has 0 aliphatic carbocycles. The molecular weight excluding hydrogens is 586 g/mol. The predicted molar refractivity (Wildman–Crippen MR) is 172 cm³/mol. The summed E-state index contributed by atoms with van der Waals surface area (Å²) in [5, 5.41) is 2.54. The number of aromatic amines is 2. The maximum atomic E-state index is 11.3. The second-order valence-electron chi connectivity index (χ2n) is 10.2. The molecule has 0 fully saturated rings. The van der Waals surface area contributed by atoms with E-state index in [1.54, 1.807) is 0 Å². The number of benzene rings is 2. The molecule has 43 heavy (non-hydrogen) atoms. The van der Waals surface area contributed by atoms with E-state index in [-0.39, 0.29) is 25.4 Å². The van der Waals surface area contributed by atoms with Gasteiger partial charge in [-0.25, -0.2) is 9.97 Å². The van der Waals surface area contributed by atoms with Gasteiger partial charge in [-0.1, -0.05) is 42.5 Å². The summed E-state index contributed by atoms with van der Waals surface area (Å²) in [5.74, 6) is -0.0993. The zero-order valence-corrected chi connectivity index (χ0v) is 27.2. The summed E-state index contributed by atoms with van der Waals surface area (Å²) < 4.78 is 4.93. The zero-order valence-electron chi connectivity index (χ0n) is 24.2. The summed E-state index contributed by atoms with van der Waals surface area (Å²) in [7, 11) is 0. The van der Waals surface area contributed by atoms with Crippen LogP contribution in [-0.2, 0) is 35.4 Å². The van der Waals surface area contributed by atoms with Crippen molar-refractivity contribution in [2.24, 2.45) is 0 Å². The molecule has 7 rings (SSSR count). The van der Waals surface area contributed by atoms with Crippen molar-refractivity contribution in [3.05, 3.63) is 119 Å². The van der Waals surface area contributed by atoms with Crippen LogP contribution in [0.2, 0.25) is 0 Å². The van der Waals surface area contributed by atoms with Gasteiger partial charge in [-0.2, -0.15) is 0 Å². The minimum Gasteiger partial charge on any atom is -0.466 e. The van der Waals surface area contributed by atoms with Crippen molar-refractivity contribution < 1.29 is 29.0 Å². The Morgan fingerprint density at radius 1 is 0.674 bits per heavy atom. The standard InChI is InChI=1S/C20H14N4.C16H18O2.Zn/c1-2-14-10-16-5-6-18(23-16)12-20-8-7-19(24-20)11-17-4-3-15(22-17)9-13(1)21-14;1-2-18-16(17)12-6-10-14-9-5-8-13-7-3-4-11-15(13)14;/h1-12,21,24H;3-5,7-9,11H,2,6,10,12H2,1H3;. The number of nitrogens with zero attached hydrogens (tertiary/aromatic N) is 2. The van der Waals surface area contributed by atoms with E-state index in [1.807, 2.05) is 61.6 Å². The molecular formula is C36H32N4O2Zn. The van der Waals surface area contributed by atoms with Gasteiger partial charge in [0, 0.05) is 48.0 Å². The first-order chi connectivity index (χ1) is 20.6. The van der Waals surface area contributed by atoms with E-state index in [4.69, 9.17) is 4.74 Å². The third-order valence-electron chi connectivity index (χ3n) is 7.05. The van der Waals surface area contributed by atoms with Crippen molar-refractivity contribution in [1.29, 1.82) is 0 Å². The van der Waals surface area contributed by atoms with E-state index in [0.717, 1.165) is 57.7 Å². The largest absolute Gasteiger partial charge is 0.466 e. The molecule has 6 nitrogen and oxygen atoms in total. The van der Waals surface area contributed by atoms with Crippen LogP contribution in [0.5, 0.6) is 0 Å². The number of carbonyl (C=O) groups is 1. The fraction of sp³-hybridized carbons (Fsp3) is 0.139. The third kappa shape index (κ3) is 7.82. The summed E-state index contributed by atoms with van der Waals surface area (Å²) >= 11 is 0. The number of aryl methyl sites for hydroxylation is 1. The Balaban J connectivity index is 0.000000175. The Morgan fingerprint density at radius 3 is 1.67 bits per heavy atom. The van der Waals surface area contributed by atoms with Crippen molar-refractivity contribution in [3.8, 4) is 0 Å². The van der Waals surface area contributed by atoms with Gasteiger partial charge in [-0.3, -0.25) is 4.79 Å². The number of aromatic nitrogens is 4. The van der Waals surface area contributed by atoms with Gasteiger partial charge in [0.1, 0.15) is 0 Å². The van der Waals surface area contributed by atoms with Crippen LogP contribution >= 0.6 is 0 Å². The maximum Gasteiger partial charge on any atom is 0.305 e. The number of hydrogen-bond donors (Lipinski definition) is 2. The zero-order chi connectivity index (χ0) is 28.7. The normalized spacial score (nSPS) is 11.5. The molecule has 0 amide bonds. The molecule has 5 heterocycles. The first-order valence-electron chi connectivity index (χ1n) is 14.3. The van der Waals surface area contributed by atoms with E-state index in [1.165, 1.54) is 16.3 Å². The van der Waals surface area contributed by atoms with Crippen molar-refractivity contribution >= 4 is 63.1 Å². The summed E-state index contributed by atoms with van der Waals surface area (Å²) in [5.41, 5.74) is 9.16. The Kier molecular flexibility index (Phi) is 9.75. The Bertz CT molecular complexity index is 1790. The van der Waals surface area contributed by atoms with Gasteiger partial charge in [0.2, 0.25) is 0 Å². The first-order valence-corrected chi connectivity index (χ1v) is 14.3. The summed E-state index contributed by atoms with van der Waals surface area (Å²) in [6.07, 6.45) is 10.3. The molecule has 7 heteroatoms. The van der Waals surface area contributed by atoms with Crippen molar-refractivity contribution in [1.82, 2.24) is 19.9 Å². The molecule has 2 aliphatic heterocycles. The van der Waals surface area contributed by atoms with Gasteiger partial charge in [0.05, 0.1) is 29.4 Å². The minimum atomic E-state index is -0.0993. The smallest absolute Gasteiger partial charge is 0.305 e. The van der Waals surface area contributed by atoms with E-state index in [9.17, 15) is 4.79 Å². The van der Waals surface area contributed by atoms with Crippen LogP contribution in [0.3, 0.4) is 0 Å². The molecule has 2 N–H and O–H groups in total. The molecule has 0 radical (unpaired) electrons. The molecule has 0 saturated carbocycles. The Hall–Kier alpha value is -4.61. The number of rotatable bonds is 5. The SMILES string of the molecule is C1=Cc2cc3ccc(cc4nc(cc5ccc(cc1n2)[nH]5)C=C4)[nH]3.CCOC(=O)CCCc1cccc2ccccc12.[Zn]. The second-order valence-corrected chi connectivity index (χ2v) is 10.2. The predicted octanol–water partition coefficient (Wildman–Crippen LogP) is 8.38. The van der Waals surface area contributed by atoms with Gasteiger partial charge in [0.15, 0.2) is 0 Å². The molecule has 0 unspecified atom stereocenters. The first kappa shape index (κ1) is 29.9. The van der Waals surface area contributed by atoms with Crippen LogP contribution in [0.4, 0.5) is 0 Å². The van der Waals surface area contributed by atoms with E-state index in [0.29, 0.717) is 13.0 Å². The summed E-state index contributed by atoms with van der Waals surface area (Å²) in [4.78, 5) is 27.3. The molecule has 2 aliphatic rings. The Morgan fingerprint density at radius 2 is 1.16 bits per heavy atom. The van der Waals surface area contributed by atoms with E-state index >= 15 is 0 Å². The molecule has 210 valence electrons. The van der Waals surface area contributed by atoms with Crippen LogP contribution in [0.15, 0.2) is 91.0 Å². The van der Waals surface area contributed by atoms with E-state index in [2.05, 4.69) is 80.6 Å². The van der Waals surface area contributed by atoms with Crippen LogP contribution in [0.25, 0.3) is 57.1 Å². The van der Waals surface area contributed by atoms with Gasteiger partial charge >= 0.3 is 5.97 Å². The molecule has 8 bridgehead atoms.